The first-order valence-corrected chi connectivity index (χ1v) is 7.52. The number of nitrogens with one attached hydrogen (secondary N) is 2. The smallest absolute Gasteiger partial charge is 0.321 e. The molecule has 6 nitrogen and oxygen atoms in total. The minimum atomic E-state index is -0.947. The first-order valence-electron chi connectivity index (χ1n) is 6.33. The van der Waals surface area contributed by atoms with Crippen LogP contribution in [0.5, 0.6) is 0 Å². The van der Waals surface area contributed by atoms with E-state index in [9.17, 15) is 9.59 Å². The third-order valence-corrected chi connectivity index (χ3v) is 3.99. The van der Waals surface area contributed by atoms with Gasteiger partial charge in [0.05, 0.1) is 16.6 Å². The maximum atomic E-state index is 11.8. The number of hydrogen-bond acceptors (Lipinski definition) is 4. The molecule has 0 bridgehead atoms. The monoisotopic (exact) mass is 327 g/mol. The van der Waals surface area contributed by atoms with Crippen molar-refractivity contribution in [2.75, 3.05) is 5.32 Å². The Morgan fingerprint density at radius 1 is 1.48 bits per heavy atom. The van der Waals surface area contributed by atoms with E-state index in [2.05, 4.69) is 15.6 Å². The zero-order chi connectivity index (χ0) is 15.4. The Morgan fingerprint density at radius 3 is 2.90 bits per heavy atom. The highest BCUT2D eigenvalue weighted by Crippen LogP contribution is 2.28. The Morgan fingerprint density at radius 2 is 2.24 bits per heavy atom. The van der Waals surface area contributed by atoms with Crippen LogP contribution in [0, 0.1) is 0 Å². The number of anilines is 1. The second kappa shape index (κ2) is 6.73. The molecule has 2 amide bonds. The molecule has 1 atom stereocenters. The molecule has 2 rings (SSSR count). The van der Waals surface area contributed by atoms with Gasteiger partial charge in [-0.25, -0.2) is 9.78 Å². The molecule has 1 aromatic heterocycles. The van der Waals surface area contributed by atoms with Crippen molar-refractivity contribution in [2.24, 2.45) is 0 Å². The van der Waals surface area contributed by atoms with Crippen molar-refractivity contribution >= 4 is 50.3 Å². The average Bonchev–Trinajstić information content (AvgIpc) is 2.78. The van der Waals surface area contributed by atoms with Crippen LogP contribution in [0.25, 0.3) is 10.2 Å². The summed E-state index contributed by atoms with van der Waals surface area (Å²) in [5.74, 6) is -0.947. The maximum absolute atomic E-state index is 11.8. The van der Waals surface area contributed by atoms with Gasteiger partial charge >= 0.3 is 12.0 Å². The van der Waals surface area contributed by atoms with Gasteiger partial charge in [-0.15, -0.1) is 0 Å². The summed E-state index contributed by atoms with van der Waals surface area (Å²) in [6.07, 6.45) is 0.425. The third kappa shape index (κ3) is 4.30. The lowest BCUT2D eigenvalue weighted by molar-refractivity contribution is -0.137. The van der Waals surface area contributed by atoms with Gasteiger partial charge < -0.3 is 10.4 Å². The number of urea groups is 1. The molecule has 0 saturated carbocycles. The highest BCUT2D eigenvalue weighted by molar-refractivity contribution is 7.22. The molecule has 0 aliphatic carbocycles. The minimum Gasteiger partial charge on any atom is -0.481 e. The van der Waals surface area contributed by atoms with Gasteiger partial charge in [-0.05, 0) is 24.6 Å². The summed E-state index contributed by atoms with van der Waals surface area (Å²) < 4.78 is 0.871. The lowest BCUT2D eigenvalue weighted by atomic mass is 10.1. The molecule has 8 heteroatoms. The zero-order valence-electron chi connectivity index (χ0n) is 11.2. The van der Waals surface area contributed by atoms with Crippen molar-refractivity contribution in [3.8, 4) is 0 Å². The lowest BCUT2D eigenvalue weighted by Gasteiger charge is -2.14. The van der Waals surface area contributed by atoms with E-state index in [1.54, 1.807) is 18.2 Å². The Labute approximate surface area is 130 Å². The number of benzene rings is 1. The molecule has 1 unspecified atom stereocenters. The Balaban J connectivity index is 2.02. The van der Waals surface area contributed by atoms with Crippen LogP contribution >= 0.6 is 22.9 Å². The third-order valence-electron chi connectivity index (χ3n) is 2.82. The second-order valence-corrected chi connectivity index (χ2v) is 5.90. The van der Waals surface area contributed by atoms with E-state index >= 15 is 0 Å². The minimum absolute atomic E-state index is 0.112. The number of thiazole rings is 1. The van der Waals surface area contributed by atoms with Gasteiger partial charge in [0.15, 0.2) is 5.13 Å². The molecular weight excluding hydrogens is 314 g/mol. The number of fused-ring (bicyclic) bond motifs is 1. The fourth-order valence-corrected chi connectivity index (χ4v) is 2.92. The Bertz CT molecular complexity index is 674. The van der Waals surface area contributed by atoms with Crippen LogP contribution in [0.3, 0.4) is 0 Å². The number of rotatable bonds is 5. The summed E-state index contributed by atoms with van der Waals surface area (Å²) in [5.41, 5.74) is 0.747. The van der Waals surface area contributed by atoms with Crippen LogP contribution in [0.15, 0.2) is 18.2 Å². The summed E-state index contributed by atoms with van der Waals surface area (Å²) in [4.78, 5) is 26.8. The van der Waals surface area contributed by atoms with Crippen LogP contribution in [0.4, 0.5) is 9.93 Å². The predicted molar refractivity (Wildman–Crippen MR) is 83.1 cm³/mol. The number of carboxylic acids is 1. The van der Waals surface area contributed by atoms with E-state index in [4.69, 9.17) is 16.7 Å². The molecule has 3 N–H and O–H groups in total. The van der Waals surface area contributed by atoms with Crippen LogP contribution in [-0.4, -0.2) is 28.1 Å². The van der Waals surface area contributed by atoms with Crippen molar-refractivity contribution in [1.29, 1.82) is 0 Å². The number of nitrogens with zero attached hydrogens (tertiary/aromatic N) is 1. The molecule has 112 valence electrons. The van der Waals surface area contributed by atoms with Crippen LogP contribution in [0.2, 0.25) is 5.02 Å². The van der Waals surface area contributed by atoms with E-state index < -0.39 is 18.0 Å². The molecule has 1 heterocycles. The summed E-state index contributed by atoms with van der Waals surface area (Å²) in [6, 6.07) is 4.40. The molecule has 0 spiro atoms. The zero-order valence-corrected chi connectivity index (χ0v) is 12.8. The van der Waals surface area contributed by atoms with Crippen LogP contribution in [-0.2, 0) is 4.79 Å². The molecule has 0 radical (unpaired) electrons. The summed E-state index contributed by atoms with van der Waals surface area (Å²) in [7, 11) is 0. The van der Waals surface area contributed by atoms with Gasteiger partial charge in [-0.2, -0.15) is 0 Å². The maximum Gasteiger partial charge on any atom is 0.321 e. The molecule has 0 fully saturated rings. The van der Waals surface area contributed by atoms with Gasteiger partial charge in [0, 0.05) is 11.1 Å². The topological polar surface area (TPSA) is 91.3 Å². The van der Waals surface area contributed by atoms with E-state index in [0.717, 1.165) is 10.2 Å². The number of hydrogen-bond donors (Lipinski definition) is 3. The first-order chi connectivity index (χ1) is 9.97. The normalized spacial score (nSPS) is 12.1. The van der Waals surface area contributed by atoms with Crippen molar-refractivity contribution in [1.82, 2.24) is 10.3 Å². The average molecular weight is 328 g/mol. The standard InChI is InChI=1S/C13H14ClN3O3S/c1-2-8(6-11(18)19)15-12(20)17-13-16-9-4-3-7(14)5-10(9)21-13/h3-5,8H,2,6H2,1H3,(H,18,19)(H2,15,16,17,20). The van der Waals surface area contributed by atoms with Crippen molar-refractivity contribution in [3.63, 3.8) is 0 Å². The van der Waals surface area contributed by atoms with E-state index in [1.165, 1.54) is 11.3 Å². The van der Waals surface area contributed by atoms with Gasteiger partial charge in [0.1, 0.15) is 0 Å². The number of halogens is 1. The fourth-order valence-electron chi connectivity index (χ4n) is 1.78. The van der Waals surface area contributed by atoms with Crippen molar-refractivity contribution in [3.05, 3.63) is 23.2 Å². The van der Waals surface area contributed by atoms with Crippen molar-refractivity contribution in [2.45, 2.75) is 25.8 Å². The number of aliphatic carboxylic acids is 1. The molecular formula is C13H14ClN3O3S. The molecule has 0 saturated heterocycles. The summed E-state index contributed by atoms with van der Waals surface area (Å²) in [5, 5.41) is 15.0. The molecule has 21 heavy (non-hydrogen) atoms. The summed E-state index contributed by atoms with van der Waals surface area (Å²) >= 11 is 7.20. The molecule has 2 aromatic rings. The molecule has 0 aliphatic rings. The number of carbonyl (C=O) groups excluding carboxylic acids is 1. The first kappa shape index (κ1) is 15.5. The van der Waals surface area contributed by atoms with Gasteiger partial charge in [0.25, 0.3) is 0 Å². The van der Waals surface area contributed by atoms with Crippen LogP contribution in [0.1, 0.15) is 19.8 Å². The van der Waals surface area contributed by atoms with Gasteiger partial charge in [-0.1, -0.05) is 29.9 Å². The number of carbonyl (C=O) groups is 2. The molecule has 0 aliphatic heterocycles. The number of amides is 2. The van der Waals surface area contributed by atoms with Crippen LogP contribution < -0.4 is 10.6 Å². The lowest BCUT2D eigenvalue weighted by Crippen LogP contribution is -2.38. The summed E-state index contributed by atoms with van der Waals surface area (Å²) in [6.45, 7) is 1.81. The number of carboxylic acid groups (broad SMARTS) is 1. The Kier molecular flexibility index (Phi) is 4.98. The quantitative estimate of drug-likeness (QED) is 0.785. The highest BCUT2D eigenvalue weighted by atomic mass is 35.5. The van der Waals surface area contributed by atoms with Crippen molar-refractivity contribution < 1.29 is 14.7 Å². The predicted octanol–water partition coefficient (Wildman–Crippen LogP) is 3.32. The van der Waals surface area contributed by atoms with Gasteiger partial charge in [0.2, 0.25) is 0 Å². The van der Waals surface area contributed by atoms with E-state index in [-0.39, 0.29) is 6.42 Å². The largest absolute Gasteiger partial charge is 0.481 e. The Hall–Kier alpha value is -1.86. The van der Waals surface area contributed by atoms with E-state index in [1.807, 2.05) is 6.92 Å². The second-order valence-electron chi connectivity index (χ2n) is 4.43. The highest BCUT2D eigenvalue weighted by Gasteiger charge is 2.15. The fraction of sp³-hybridized carbons (Fsp3) is 0.308. The molecule has 1 aromatic carbocycles. The number of aromatic nitrogens is 1. The van der Waals surface area contributed by atoms with E-state index in [0.29, 0.717) is 16.6 Å². The van der Waals surface area contributed by atoms with Gasteiger partial charge in [-0.3, -0.25) is 10.1 Å². The SMILES string of the molecule is CCC(CC(=O)O)NC(=O)Nc1nc2ccc(Cl)cc2s1.